The zero-order chi connectivity index (χ0) is 12.3. The van der Waals surface area contributed by atoms with Crippen molar-refractivity contribution < 1.29 is 0 Å². The maximum Gasteiger partial charge on any atom is 0.126 e. The Bertz CT molecular complexity index is 381. The van der Waals surface area contributed by atoms with E-state index in [4.69, 9.17) is 5.73 Å². The average Bonchev–Trinajstić information content (AvgIpc) is 2.32. The minimum atomic E-state index is 0.354. The fourth-order valence-corrected chi connectivity index (χ4v) is 2.59. The first-order valence-corrected chi connectivity index (χ1v) is 7.08. The molecule has 1 aliphatic rings. The summed E-state index contributed by atoms with van der Waals surface area (Å²) in [5.74, 6) is 1.54. The summed E-state index contributed by atoms with van der Waals surface area (Å²) in [7, 11) is 0. The number of aryl methyl sites for hydroxylation is 1. The predicted octanol–water partition coefficient (Wildman–Crippen LogP) is 3.08. The largest absolute Gasteiger partial charge is 0.370 e. The Morgan fingerprint density at radius 3 is 2.88 bits per heavy atom. The smallest absolute Gasteiger partial charge is 0.126 e. The lowest BCUT2D eigenvalue weighted by molar-refractivity contribution is 0.321. The maximum absolute atomic E-state index is 6.13. The second-order valence-electron chi connectivity index (χ2n) is 4.85. The summed E-state index contributed by atoms with van der Waals surface area (Å²) in [5.41, 5.74) is 7.15. The molecule has 0 aliphatic heterocycles. The van der Waals surface area contributed by atoms with Gasteiger partial charge in [0.1, 0.15) is 5.82 Å². The molecule has 0 aromatic carbocycles. The fourth-order valence-electron chi connectivity index (χ4n) is 2.37. The van der Waals surface area contributed by atoms with Gasteiger partial charge in [0, 0.05) is 17.1 Å². The summed E-state index contributed by atoms with van der Waals surface area (Å²) < 4.78 is 1.05. The highest BCUT2D eigenvalue weighted by molar-refractivity contribution is 9.10. The van der Waals surface area contributed by atoms with Gasteiger partial charge in [0.05, 0.1) is 5.69 Å². The molecule has 1 heterocycles. The topological polar surface area (TPSA) is 50.9 Å². The summed E-state index contributed by atoms with van der Waals surface area (Å²) >= 11 is 3.46. The van der Waals surface area contributed by atoms with Gasteiger partial charge in [-0.3, -0.25) is 0 Å². The van der Waals surface area contributed by atoms with Crippen LogP contribution in [0.2, 0.25) is 0 Å². The second kappa shape index (κ2) is 5.83. The maximum atomic E-state index is 6.13. The van der Waals surface area contributed by atoms with Gasteiger partial charge in [-0.1, -0.05) is 12.8 Å². The summed E-state index contributed by atoms with van der Waals surface area (Å²) in [6.07, 6.45) is 5.00. The van der Waals surface area contributed by atoms with Crippen molar-refractivity contribution in [2.75, 3.05) is 11.9 Å². The molecule has 1 fully saturated rings. The van der Waals surface area contributed by atoms with E-state index in [0.717, 1.165) is 22.5 Å². The zero-order valence-electron chi connectivity index (χ0n) is 10.2. The quantitative estimate of drug-likeness (QED) is 0.901. The first-order valence-electron chi connectivity index (χ1n) is 6.29. The summed E-state index contributed by atoms with van der Waals surface area (Å²) in [6.45, 7) is 2.94. The van der Waals surface area contributed by atoms with E-state index in [1.807, 2.05) is 19.1 Å². The molecule has 0 amide bonds. The van der Waals surface area contributed by atoms with E-state index in [1.165, 1.54) is 25.7 Å². The number of anilines is 1. The Morgan fingerprint density at radius 2 is 2.18 bits per heavy atom. The molecule has 4 heteroatoms. The summed E-state index contributed by atoms with van der Waals surface area (Å²) in [4.78, 5) is 4.48. The van der Waals surface area contributed by atoms with Crippen molar-refractivity contribution in [2.45, 2.75) is 38.6 Å². The normalized spacial score (nSPS) is 24.6. The first-order chi connectivity index (χ1) is 8.16. The Kier molecular flexibility index (Phi) is 4.40. The molecule has 2 atom stereocenters. The van der Waals surface area contributed by atoms with E-state index >= 15 is 0 Å². The van der Waals surface area contributed by atoms with Crippen LogP contribution < -0.4 is 11.1 Å². The number of halogens is 1. The molecular weight excluding hydrogens is 278 g/mol. The van der Waals surface area contributed by atoms with E-state index in [-0.39, 0.29) is 0 Å². The number of nitrogens with two attached hydrogens (primary N) is 1. The minimum Gasteiger partial charge on any atom is -0.370 e. The Labute approximate surface area is 111 Å². The van der Waals surface area contributed by atoms with Crippen molar-refractivity contribution >= 4 is 21.7 Å². The van der Waals surface area contributed by atoms with Crippen LogP contribution in [-0.2, 0) is 0 Å². The fraction of sp³-hybridized carbons (Fsp3) is 0.615. The van der Waals surface area contributed by atoms with Crippen molar-refractivity contribution in [3.8, 4) is 0 Å². The van der Waals surface area contributed by atoms with Gasteiger partial charge < -0.3 is 11.1 Å². The monoisotopic (exact) mass is 297 g/mol. The molecule has 2 rings (SSSR count). The van der Waals surface area contributed by atoms with Crippen molar-refractivity contribution in [1.29, 1.82) is 0 Å². The third kappa shape index (κ3) is 3.42. The second-order valence-corrected chi connectivity index (χ2v) is 5.71. The van der Waals surface area contributed by atoms with Gasteiger partial charge in [-0.15, -0.1) is 0 Å². The van der Waals surface area contributed by atoms with Gasteiger partial charge in [-0.2, -0.15) is 0 Å². The molecule has 94 valence electrons. The summed E-state index contributed by atoms with van der Waals surface area (Å²) in [5, 5.41) is 3.40. The number of hydrogen-bond acceptors (Lipinski definition) is 3. The van der Waals surface area contributed by atoms with Crippen LogP contribution in [-0.4, -0.2) is 17.6 Å². The predicted molar refractivity (Wildman–Crippen MR) is 75.1 cm³/mol. The van der Waals surface area contributed by atoms with Gasteiger partial charge >= 0.3 is 0 Å². The van der Waals surface area contributed by atoms with Gasteiger partial charge in [-0.25, -0.2) is 4.98 Å². The van der Waals surface area contributed by atoms with E-state index in [0.29, 0.717) is 12.0 Å². The highest BCUT2D eigenvalue weighted by Crippen LogP contribution is 2.23. The molecule has 3 N–H and O–H groups in total. The standard InChI is InChI=1S/C13H20BrN3/c1-9-11(14)6-7-13(17-9)16-8-10-4-2-3-5-12(10)15/h6-7,10,12H,2-5,8,15H2,1H3,(H,16,17). The van der Waals surface area contributed by atoms with Crippen molar-refractivity contribution in [1.82, 2.24) is 4.98 Å². The number of nitrogens with zero attached hydrogens (tertiary/aromatic N) is 1. The molecule has 1 aromatic heterocycles. The third-order valence-corrected chi connectivity index (χ3v) is 4.37. The van der Waals surface area contributed by atoms with Gasteiger partial charge in [0.25, 0.3) is 0 Å². The molecular formula is C13H20BrN3. The van der Waals surface area contributed by atoms with Crippen molar-refractivity contribution in [3.63, 3.8) is 0 Å². The molecule has 1 aromatic rings. The van der Waals surface area contributed by atoms with Gasteiger partial charge in [-0.05, 0) is 53.7 Å². The number of rotatable bonds is 3. The molecule has 0 saturated heterocycles. The molecule has 0 spiro atoms. The van der Waals surface area contributed by atoms with E-state index in [1.54, 1.807) is 0 Å². The number of hydrogen-bond donors (Lipinski definition) is 2. The lowest BCUT2D eigenvalue weighted by atomic mass is 9.85. The number of nitrogens with one attached hydrogen (secondary N) is 1. The molecule has 2 unspecified atom stereocenters. The Balaban J connectivity index is 1.90. The minimum absolute atomic E-state index is 0.354. The van der Waals surface area contributed by atoms with Gasteiger partial charge in [0.2, 0.25) is 0 Å². The molecule has 1 aliphatic carbocycles. The van der Waals surface area contributed by atoms with Gasteiger partial charge in [0.15, 0.2) is 0 Å². The third-order valence-electron chi connectivity index (χ3n) is 3.53. The lowest BCUT2D eigenvalue weighted by Crippen LogP contribution is -2.37. The van der Waals surface area contributed by atoms with Crippen LogP contribution in [0.25, 0.3) is 0 Å². The van der Waals surface area contributed by atoms with Crippen LogP contribution in [0.5, 0.6) is 0 Å². The molecule has 1 saturated carbocycles. The van der Waals surface area contributed by atoms with E-state index in [2.05, 4.69) is 26.2 Å². The average molecular weight is 298 g/mol. The Hall–Kier alpha value is -0.610. The molecule has 0 bridgehead atoms. The van der Waals surface area contributed by atoms with E-state index < -0.39 is 0 Å². The molecule has 17 heavy (non-hydrogen) atoms. The number of aromatic nitrogens is 1. The van der Waals surface area contributed by atoms with Crippen LogP contribution in [0, 0.1) is 12.8 Å². The highest BCUT2D eigenvalue weighted by atomic mass is 79.9. The summed E-state index contributed by atoms with van der Waals surface area (Å²) in [6, 6.07) is 4.39. The van der Waals surface area contributed by atoms with Crippen LogP contribution in [0.3, 0.4) is 0 Å². The first kappa shape index (κ1) is 12.8. The Morgan fingerprint density at radius 1 is 1.41 bits per heavy atom. The molecule has 3 nitrogen and oxygen atoms in total. The molecule has 0 radical (unpaired) electrons. The SMILES string of the molecule is Cc1nc(NCC2CCCCC2N)ccc1Br. The van der Waals surface area contributed by atoms with Crippen molar-refractivity contribution in [2.24, 2.45) is 11.7 Å². The van der Waals surface area contributed by atoms with Crippen molar-refractivity contribution in [3.05, 3.63) is 22.3 Å². The lowest BCUT2D eigenvalue weighted by Gasteiger charge is -2.28. The van der Waals surface area contributed by atoms with E-state index in [9.17, 15) is 0 Å². The van der Waals surface area contributed by atoms with Crippen LogP contribution in [0.15, 0.2) is 16.6 Å². The van der Waals surface area contributed by atoms with Crippen LogP contribution in [0.4, 0.5) is 5.82 Å². The highest BCUT2D eigenvalue weighted by Gasteiger charge is 2.21. The van der Waals surface area contributed by atoms with Crippen LogP contribution >= 0.6 is 15.9 Å². The zero-order valence-corrected chi connectivity index (χ0v) is 11.8. The van der Waals surface area contributed by atoms with Crippen LogP contribution in [0.1, 0.15) is 31.4 Å². The number of pyridine rings is 1.